The summed E-state index contributed by atoms with van der Waals surface area (Å²) in [5, 5.41) is 14.3. The molecule has 0 unspecified atom stereocenters. The maximum atomic E-state index is 12.7. The standard InChI is InChI=1S/C15H18N6O2S/c1-10(2)12-4-6-13(7-5-12)24(22,23)20-14-11(3)18-19-15(14)21-8-16-17-9-21/h4-10,20H,1-3H3,(H,18,19). The van der Waals surface area contributed by atoms with E-state index in [1.165, 1.54) is 17.2 Å². The van der Waals surface area contributed by atoms with Gasteiger partial charge in [-0.1, -0.05) is 26.0 Å². The number of aromatic amines is 1. The van der Waals surface area contributed by atoms with E-state index in [0.717, 1.165) is 5.56 Å². The number of nitrogens with zero attached hydrogens (tertiary/aromatic N) is 4. The zero-order valence-electron chi connectivity index (χ0n) is 13.6. The Kier molecular flexibility index (Phi) is 4.10. The number of aryl methyl sites for hydroxylation is 1. The van der Waals surface area contributed by atoms with Gasteiger partial charge in [-0.15, -0.1) is 10.2 Å². The topological polar surface area (TPSA) is 106 Å². The molecule has 1 aromatic carbocycles. The number of aromatic nitrogens is 5. The van der Waals surface area contributed by atoms with Crippen LogP contribution >= 0.6 is 0 Å². The lowest BCUT2D eigenvalue weighted by atomic mass is 10.0. The molecule has 0 aliphatic heterocycles. The van der Waals surface area contributed by atoms with E-state index in [0.29, 0.717) is 23.1 Å². The zero-order chi connectivity index (χ0) is 17.3. The van der Waals surface area contributed by atoms with E-state index in [-0.39, 0.29) is 4.90 Å². The second kappa shape index (κ2) is 6.08. The van der Waals surface area contributed by atoms with E-state index in [1.54, 1.807) is 19.1 Å². The molecule has 8 nitrogen and oxygen atoms in total. The van der Waals surface area contributed by atoms with Gasteiger partial charge in [0.2, 0.25) is 0 Å². The molecule has 0 fully saturated rings. The molecule has 2 N–H and O–H groups in total. The Morgan fingerprint density at radius 1 is 1.12 bits per heavy atom. The smallest absolute Gasteiger partial charge is 0.262 e. The second-order valence-electron chi connectivity index (χ2n) is 5.75. The lowest BCUT2D eigenvalue weighted by molar-refractivity contribution is 0.601. The molecule has 0 bridgehead atoms. The van der Waals surface area contributed by atoms with Crippen molar-refractivity contribution in [2.45, 2.75) is 31.6 Å². The van der Waals surface area contributed by atoms with Gasteiger partial charge in [0.15, 0.2) is 5.82 Å². The van der Waals surface area contributed by atoms with Gasteiger partial charge in [0.05, 0.1) is 10.6 Å². The average Bonchev–Trinajstić information content (AvgIpc) is 3.18. The first-order chi connectivity index (χ1) is 11.4. The molecule has 3 rings (SSSR count). The van der Waals surface area contributed by atoms with Gasteiger partial charge in [0.1, 0.15) is 18.3 Å². The number of rotatable bonds is 5. The lowest BCUT2D eigenvalue weighted by Crippen LogP contribution is -2.14. The zero-order valence-corrected chi connectivity index (χ0v) is 14.4. The van der Waals surface area contributed by atoms with Crippen LogP contribution in [-0.4, -0.2) is 33.4 Å². The molecule has 24 heavy (non-hydrogen) atoms. The molecule has 9 heteroatoms. The summed E-state index contributed by atoms with van der Waals surface area (Å²) in [5.41, 5.74) is 2.04. The molecular formula is C15H18N6O2S. The largest absolute Gasteiger partial charge is 0.279 e. The van der Waals surface area contributed by atoms with Crippen molar-refractivity contribution in [1.82, 2.24) is 25.0 Å². The van der Waals surface area contributed by atoms with Crippen molar-refractivity contribution in [2.75, 3.05) is 4.72 Å². The van der Waals surface area contributed by atoms with Gasteiger partial charge in [0, 0.05) is 0 Å². The normalized spacial score (nSPS) is 11.8. The molecule has 0 spiro atoms. The fourth-order valence-electron chi connectivity index (χ4n) is 2.26. The maximum Gasteiger partial charge on any atom is 0.262 e. The van der Waals surface area contributed by atoms with E-state index in [2.05, 4.69) is 39.0 Å². The Morgan fingerprint density at radius 2 is 1.75 bits per heavy atom. The van der Waals surface area contributed by atoms with Crippen LogP contribution in [0.5, 0.6) is 0 Å². The van der Waals surface area contributed by atoms with E-state index in [1.807, 2.05) is 12.1 Å². The van der Waals surface area contributed by atoms with Crippen LogP contribution in [0.25, 0.3) is 5.82 Å². The highest BCUT2D eigenvalue weighted by atomic mass is 32.2. The van der Waals surface area contributed by atoms with Crippen LogP contribution in [0, 0.1) is 6.92 Å². The molecule has 0 radical (unpaired) electrons. The van der Waals surface area contributed by atoms with Crippen LogP contribution in [0.15, 0.2) is 41.8 Å². The van der Waals surface area contributed by atoms with Gasteiger partial charge in [0.25, 0.3) is 10.0 Å². The number of anilines is 1. The Morgan fingerprint density at radius 3 is 2.33 bits per heavy atom. The van der Waals surface area contributed by atoms with Crippen molar-refractivity contribution in [2.24, 2.45) is 0 Å². The van der Waals surface area contributed by atoms with Crippen LogP contribution in [0.4, 0.5) is 5.69 Å². The summed E-state index contributed by atoms with van der Waals surface area (Å²) in [4.78, 5) is 0.196. The summed E-state index contributed by atoms with van der Waals surface area (Å²) in [6, 6.07) is 6.85. The summed E-state index contributed by atoms with van der Waals surface area (Å²) in [7, 11) is -3.73. The van der Waals surface area contributed by atoms with Gasteiger partial charge in [-0.05, 0) is 30.5 Å². The summed E-state index contributed by atoms with van der Waals surface area (Å²) in [5.74, 6) is 0.728. The lowest BCUT2D eigenvalue weighted by Gasteiger charge is -2.11. The maximum absolute atomic E-state index is 12.7. The van der Waals surface area contributed by atoms with Gasteiger partial charge in [-0.2, -0.15) is 5.10 Å². The van der Waals surface area contributed by atoms with Crippen molar-refractivity contribution in [3.8, 4) is 5.82 Å². The first-order valence-corrected chi connectivity index (χ1v) is 8.89. The second-order valence-corrected chi connectivity index (χ2v) is 7.43. The molecule has 0 aliphatic carbocycles. The van der Waals surface area contributed by atoms with Gasteiger partial charge >= 0.3 is 0 Å². The van der Waals surface area contributed by atoms with Gasteiger partial charge in [-0.3, -0.25) is 14.4 Å². The number of benzene rings is 1. The van der Waals surface area contributed by atoms with Crippen LogP contribution in [-0.2, 0) is 10.0 Å². The van der Waals surface area contributed by atoms with Crippen molar-refractivity contribution >= 4 is 15.7 Å². The van der Waals surface area contributed by atoms with Crippen LogP contribution < -0.4 is 4.72 Å². The van der Waals surface area contributed by atoms with Crippen LogP contribution in [0.3, 0.4) is 0 Å². The van der Waals surface area contributed by atoms with E-state index in [9.17, 15) is 8.42 Å². The highest BCUT2D eigenvalue weighted by Gasteiger charge is 2.20. The highest BCUT2D eigenvalue weighted by Crippen LogP contribution is 2.25. The average molecular weight is 346 g/mol. The molecule has 126 valence electrons. The Balaban J connectivity index is 1.94. The van der Waals surface area contributed by atoms with Crippen LogP contribution in [0.2, 0.25) is 0 Å². The third-order valence-electron chi connectivity index (χ3n) is 3.68. The minimum absolute atomic E-state index is 0.196. The summed E-state index contributed by atoms with van der Waals surface area (Å²) < 4.78 is 29.4. The van der Waals surface area contributed by atoms with Crippen molar-refractivity contribution < 1.29 is 8.42 Å². The summed E-state index contributed by atoms with van der Waals surface area (Å²) in [6.45, 7) is 5.85. The minimum atomic E-state index is -3.73. The molecular weight excluding hydrogens is 328 g/mol. The first-order valence-electron chi connectivity index (χ1n) is 7.41. The van der Waals surface area contributed by atoms with E-state index < -0.39 is 10.0 Å². The Hall–Kier alpha value is -2.68. The summed E-state index contributed by atoms with van der Waals surface area (Å²) in [6.07, 6.45) is 2.90. The third kappa shape index (κ3) is 3.02. The Labute approximate surface area is 140 Å². The van der Waals surface area contributed by atoms with Gasteiger partial charge < -0.3 is 0 Å². The van der Waals surface area contributed by atoms with Crippen molar-refractivity contribution in [1.29, 1.82) is 0 Å². The number of sulfonamides is 1. The number of hydrogen-bond donors (Lipinski definition) is 2. The number of H-pyrrole nitrogens is 1. The predicted molar refractivity (Wildman–Crippen MR) is 89.6 cm³/mol. The van der Waals surface area contributed by atoms with Crippen LogP contribution in [0.1, 0.15) is 31.0 Å². The SMILES string of the molecule is Cc1[nH]nc(-n2cnnc2)c1NS(=O)(=O)c1ccc(C(C)C)cc1. The van der Waals surface area contributed by atoms with Crippen molar-refractivity contribution in [3.63, 3.8) is 0 Å². The van der Waals surface area contributed by atoms with Gasteiger partial charge in [-0.25, -0.2) is 8.42 Å². The molecule has 0 saturated carbocycles. The molecule has 3 aromatic rings. The summed E-state index contributed by atoms with van der Waals surface area (Å²) >= 11 is 0. The van der Waals surface area contributed by atoms with E-state index in [4.69, 9.17) is 0 Å². The number of hydrogen-bond acceptors (Lipinski definition) is 5. The molecule has 0 aliphatic rings. The molecule has 2 heterocycles. The molecule has 0 atom stereocenters. The monoisotopic (exact) mass is 346 g/mol. The Bertz CT molecular complexity index is 927. The molecule has 0 saturated heterocycles. The first kappa shape index (κ1) is 16.2. The predicted octanol–water partition coefficient (Wildman–Crippen LogP) is 2.22. The third-order valence-corrected chi connectivity index (χ3v) is 5.05. The molecule has 2 aromatic heterocycles. The van der Waals surface area contributed by atoms with E-state index >= 15 is 0 Å². The highest BCUT2D eigenvalue weighted by molar-refractivity contribution is 7.92. The van der Waals surface area contributed by atoms with Crippen molar-refractivity contribution in [3.05, 3.63) is 48.2 Å². The number of nitrogens with one attached hydrogen (secondary N) is 2. The minimum Gasteiger partial charge on any atom is -0.279 e. The fourth-order valence-corrected chi connectivity index (χ4v) is 3.39. The quantitative estimate of drug-likeness (QED) is 0.737. The molecule has 0 amide bonds. The fraction of sp³-hybridized carbons (Fsp3) is 0.267.